The first kappa shape index (κ1) is 19.0. The second-order valence-electron chi connectivity index (χ2n) is 6.58. The van der Waals surface area contributed by atoms with Gasteiger partial charge in [0, 0.05) is 5.92 Å². The minimum atomic E-state index is -0.0606. The molecule has 0 radical (unpaired) electrons. The van der Waals surface area contributed by atoms with Gasteiger partial charge in [-0.1, -0.05) is 57.7 Å². The molecule has 0 bridgehead atoms. The van der Waals surface area contributed by atoms with E-state index in [2.05, 4.69) is 6.92 Å². The van der Waals surface area contributed by atoms with Gasteiger partial charge in [-0.3, -0.25) is 4.79 Å². The fraction of sp³-hybridized carbons (Fsp3) is 0.409. The van der Waals surface area contributed by atoms with E-state index in [9.17, 15) is 9.90 Å². The Morgan fingerprint density at radius 2 is 1.72 bits per heavy atom. The van der Waals surface area contributed by atoms with Crippen molar-refractivity contribution in [2.24, 2.45) is 5.92 Å². The van der Waals surface area contributed by atoms with Crippen LogP contribution in [0.25, 0.3) is 11.1 Å². The third-order valence-electron chi connectivity index (χ3n) is 4.62. The van der Waals surface area contributed by atoms with Gasteiger partial charge in [-0.15, -0.1) is 0 Å². The summed E-state index contributed by atoms with van der Waals surface area (Å²) < 4.78 is 5.16. The number of phenolic OH excluding ortho intramolecular Hbond substituents is 1. The van der Waals surface area contributed by atoms with Gasteiger partial charge in [0.05, 0.1) is 12.7 Å². The van der Waals surface area contributed by atoms with E-state index < -0.39 is 0 Å². The van der Waals surface area contributed by atoms with E-state index in [-0.39, 0.29) is 17.5 Å². The van der Waals surface area contributed by atoms with Crippen LogP contribution in [0.5, 0.6) is 11.5 Å². The first-order chi connectivity index (χ1) is 12.1. The summed E-state index contributed by atoms with van der Waals surface area (Å²) in [5, 5.41) is 10.3. The van der Waals surface area contributed by atoms with E-state index in [0.29, 0.717) is 5.56 Å². The van der Waals surface area contributed by atoms with Crippen molar-refractivity contribution < 1.29 is 14.6 Å². The van der Waals surface area contributed by atoms with Gasteiger partial charge in [0.2, 0.25) is 0 Å². The molecule has 0 spiro atoms. The molecule has 1 atom stereocenters. The van der Waals surface area contributed by atoms with E-state index in [4.69, 9.17) is 4.74 Å². The number of hydrogen-bond donors (Lipinski definition) is 1. The molecule has 0 saturated carbocycles. The fourth-order valence-corrected chi connectivity index (χ4v) is 2.98. The molecular weight excluding hydrogens is 312 g/mol. The maximum Gasteiger partial charge on any atom is 0.169 e. The maximum absolute atomic E-state index is 12.6. The van der Waals surface area contributed by atoms with Crippen molar-refractivity contribution in [1.29, 1.82) is 0 Å². The molecule has 0 aliphatic heterocycles. The summed E-state index contributed by atoms with van der Waals surface area (Å²) in [6.07, 6.45) is 5.50. The number of carbonyl (C=O) groups excluding carboxylic acids is 1. The first-order valence-corrected chi connectivity index (χ1v) is 9.08. The molecular formula is C22H28O3. The molecule has 25 heavy (non-hydrogen) atoms. The molecule has 0 amide bonds. The highest BCUT2D eigenvalue weighted by molar-refractivity contribution is 6.00. The fourth-order valence-electron chi connectivity index (χ4n) is 2.98. The predicted molar refractivity (Wildman–Crippen MR) is 102 cm³/mol. The largest absolute Gasteiger partial charge is 0.507 e. The van der Waals surface area contributed by atoms with Gasteiger partial charge in [-0.25, -0.2) is 0 Å². The lowest BCUT2D eigenvalue weighted by atomic mass is 9.92. The SMILES string of the molecule is CCCCCCC(C)C(=O)c1ccc(-c2ccc(OC)cc2)cc1O. The molecule has 0 saturated heterocycles. The number of ether oxygens (including phenoxy) is 1. The Morgan fingerprint density at radius 1 is 1.04 bits per heavy atom. The average molecular weight is 340 g/mol. The zero-order chi connectivity index (χ0) is 18.2. The number of hydrogen-bond acceptors (Lipinski definition) is 3. The lowest BCUT2D eigenvalue weighted by Crippen LogP contribution is -2.11. The van der Waals surface area contributed by atoms with Crippen LogP contribution in [0.15, 0.2) is 42.5 Å². The second kappa shape index (κ2) is 9.26. The Bertz CT molecular complexity index is 689. The summed E-state index contributed by atoms with van der Waals surface area (Å²) in [7, 11) is 1.63. The molecule has 2 rings (SSSR count). The summed E-state index contributed by atoms with van der Waals surface area (Å²) in [5.74, 6) is 0.806. The molecule has 1 N–H and O–H groups in total. The highest BCUT2D eigenvalue weighted by Crippen LogP contribution is 2.30. The summed E-state index contributed by atoms with van der Waals surface area (Å²) in [5.41, 5.74) is 2.27. The van der Waals surface area contributed by atoms with Crippen LogP contribution in [0.1, 0.15) is 56.3 Å². The summed E-state index contributed by atoms with van der Waals surface area (Å²) in [4.78, 5) is 12.6. The van der Waals surface area contributed by atoms with E-state index in [1.807, 2.05) is 37.3 Å². The van der Waals surface area contributed by atoms with Gasteiger partial charge in [0.15, 0.2) is 5.78 Å². The molecule has 2 aromatic carbocycles. The number of unbranched alkanes of at least 4 members (excludes halogenated alkanes) is 3. The molecule has 3 nitrogen and oxygen atoms in total. The molecule has 2 aromatic rings. The molecule has 3 heteroatoms. The minimum absolute atomic E-state index is 0.0234. The Balaban J connectivity index is 2.08. The normalized spacial score (nSPS) is 12.0. The number of phenols is 1. The molecule has 0 aromatic heterocycles. The first-order valence-electron chi connectivity index (χ1n) is 9.08. The average Bonchev–Trinajstić information content (AvgIpc) is 2.64. The number of carbonyl (C=O) groups is 1. The van der Waals surface area contributed by atoms with Gasteiger partial charge in [-0.05, 0) is 41.8 Å². The van der Waals surface area contributed by atoms with Crippen molar-refractivity contribution >= 4 is 5.78 Å². The van der Waals surface area contributed by atoms with Crippen LogP contribution in [0.2, 0.25) is 0 Å². The number of aromatic hydroxyl groups is 1. The molecule has 0 heterocycles. The number of Topliss-reactive ketones (excluding diaryl/α,β-unsaturated/α-hetero) is 1. The van der Waals surface area contributed by atoms with Gasteiger partial charge in [0.25, 0.3) is 0 Å². The van der Waals surface area contributed by atoms with Gasteiger partial charge >= 0.3 is 0 Å². The maximum atomic E-state index is 12.6. The van der Waals surface area contributed by atoms with Crippen LogP contribution in [-0.4, -0.2) is 18.0 Å². The number of benzene rings is 2. The van der Waals surface area contributed by atoms with Crippen molar-refractivity contribution in [3.8, 4) is 22.6 Å². The predicted octanol–water partition coefficient (Wildman–Crippen LogP) is 5.86. The Kier molecular flexibility index (Phi) is 7.05. The molecule has 0 aliphatic rings. The Hall–Kier alpha value is -2.29. The monoisotopic (exact) mass is 340 g/mol. The summed E-state index contributed by atoms with van der Waals surface area (Å²) in [6, 6.07) is 12.9. The number of ketones is 1. The van der Waals surface area contributed by atoms with Crippen LogP contribution in [0.3, 0.4) is 0 Å². The van der Waals surface area contributed by atoms with E-state index >= 15 is 0 Å². The lowest BCUT2D eigenvalue weighted by molar-refractivity contribution is 0.0919. The molecule has 0 aliphatic carbocycles. The second-order valence-corrected chi connectivity index (χ2v) is 6.58. The summed E-state index contributed by atoms with van der Waals surface area (Å²) in [6.45, 7) is 4.13. The third kappa shape index (κ3) is 5.09. The summed E-state index contributed by atoms with van der Waals surface area (Å²) >= 11 is 0. The van der Waals surface area contributed by atoms with Crippen molar-refractivity contribution in [3.63, 3.8) is 0 Å². The lowest BCUT2D eigenvalue weighted by Gasteiger charge is -2.12. The molecule has 0 fully saturated rings. The molecule has 1 unspecified atom stereocenters. The topological polar surface area (TPSA) is 46.5 Å². The van der Waals surface area contributed by atoms with E-state index in [0.717, 1.165) is 36.1 Å². The minimum Gasteiger partial charge on any atom is -0.507 e. The van der Waals surface area contributed by atoms with Crippen molar-refractivity contribution in [2.45, 2.75) is 46.0 Å². The third-order valence-corrected chi connectivity index (χ3v) is 4.62. The van der Waals surface area contributed by atoms with Gasteiger partial charge in [-0.2, -0.15) is 0 Å². The highest BCUT2D eigenvalue weighted by atomic mass is 16.5. The van der Waals surface area contributed by atoms with Crippen molar-refractivity contribution in [2.75, 3.05) is 7.11 Å². The Morgan fingerprint density at radius 3 is 2.32 bits per heavy atom. The van der Waals surface area contributed by atoms with E-state index in [1.54, 1.807) is 19.2 Å². The smallest absolute Gasteiger partial charge is 0.169 e. The van der Waals surface area contributed by atoms with Crippen LogP contribution >= 0.6 is 0 Å². The molecule has 134 valence electrons. The van der Waals surface area contributed by atoms with Gasteiger partial charge in [0.1, 0.15) is 11.5 Å². The van der Waals surface area contributed by atoms with Crippen LogP contribution in [-0.2, 0) is 0 Å². The quantitative estimate of drug-likeness (QED) is 0.459. The van der Waals surface area contributed by atoms with Crippen LogP contribution in [0, 0.1) is 5.92 Å². The standard InChI is InChI=1S/C22H28O3/c1-4-5-6-7-8-16(2)22(24)20-14-11-18(15-21(20)23)17-9-12-19(25-3)13-10-17/h9-16,23H,4-8H2,1-3H3. The van der Waals surface area contributed by atoms with Crippen molar-refractivity contribution in [3.05, 3.63) is 48.0 Å². The highest BCUT2D eigenvalue weighted by Gasteiger charge is 2.18. The number of methoxy groups -OCH3 is 1. The van der Waals surface area contributed by atoms with E-state index in [1.165, 1.54) is 12.8 Å². The number of rotatable bonds is 9. The van der Waals surface area contributed by atoms with Crippen LogP contribution < -0.4 is 4.74 Å². The van der Waals surface area contributed by atoms with Crippen LogP contribution in [0.4, 0.5) is 0 Å². The Labute approximate surface area is 150 Å². The van der Waals surface area contributed by atoms with Gasteiger partial charge < -0.3 is 9.84 Å². The zero-order valence-electron chi connectivity index (χ0n) is 15.4. The van der Waals surface area contributed by atoms with Crippen molar-refractivity contribution in [1.82, 2.24) is 0 Å². The zero-order valence-corrected chi connectivity index (χ0v) is 15.4.